The normalized spacial score (nSPS) is 12.0. The zero-order valence-electron chi connectivity index (χ0n) is 16.6. The van der Waals surface area contributed by atoms with Crippen LogP contribution in [0.4, 0.5) is 5.69 Å². The van der Waals surface area contributed by atoms with Gasteiger partial charge in [0, 0.05) is 10.7 Å². The zero-order valence-corrected chi connectivity index (χ0v) is 18.8. The van der Waals surface area contributed by atoms with Gasteiger partial charge < -0.3 is 14.5 Å². The summed E-state index contributed by atoms with van der Waals surface area (Å²) in [5.41, 5.74) is 3.57. The molecule has 0 bridgehead atoms. The van der Waals surface area contributed by atoms with E-state index in [-0.39, 0.29) is 5.91 Å². The van der Waals surface area contributed by atoms with Gasteiger partial charge in [-0.05, 0) is 67.9 Å². The Bertz CT molecular complexity index is 1290. The number of carbonyl (C=O) groups excluding carboxylic acids is 1. The molecule has 4 rings (SSSR count). The van der Waals surface area contributed by atoms with Crippen LogP contribution in [0.25, 0.3) is 22.6 Å². The van der Waals surface area contributed by atoms with Gasteiger partial charge in [0.2, 0.25) is 5.89 Å². The Hall–Kier alpha value is -2.73. The largest absolute Gasteiger partial charge is 0.479 e. The van der Waals surface area contributed by atoms with E-state index in [2.05, 4.69) is 10.3 Å². The van der Waals surface area contributed by atoms with Crippen molar-refractivity contribution in [2.24, 2.45) is 0 Å². The number of benzene rings is 3. The van der Waals surface area contributed by atoms with Crippen molar-refractivity contribution in [2.75, 3.05) is 5.32 Å². The van der Waals surface area contributed by atoms with E-state index in [0.29, 0.717) is 43.5 Å². The third-order valence-electron chi connectivity index (χ3n) is 4.58. The van der Waals surface area contributed by atoms with Crippen LogP contribution in [0.15, 0.2) is 59.0 Å². The lowest BCUT2D eigenvalue weighted by Gasteiger charge is -2.16. The van der Waals surface area contributed by atoms with E-state index in [0.717, 1.165) is 11.1 Å². The predicted molar refractivity (Wildman–Crippen MR) is 124 cm³/mol. The first kappa shape index (κ1) is 21.5. The quantitative estimate of drug-likeness (QED) is 0.332. The first-order chi connectivity index (χ1) is 14.8. The first-order valence-corrected chi connectivity index (χ1v) is 10.5. The molecule has 1 heterocycles. The molecular formula is C23H17Cl3N2O3. The van der Waals surface area contributed by atoms with Gasteiger partial charge in [-0.2, -0.15) is 0 Å². The minimum Gasteiger partial charge on any atom is -0.479 e. The number of anilines is 1. The van der Waals surface area contributed by atoms with Crippen molar-refractivity contribution in [1.29, 1.82) is 0 Å². The summed E-state index contributed by atoms with van der Waals surface area (Å²) in [6, 6.07) is 15.6. The summed E-state index contributed by atoms with van der Waals surface area (Å²) in [5, 5.41) is 4.08. The van der Waals surface area contributed by atoms with E-state index in [1.807, 2.05) is 25.1 Å². The van der Waals surface area contributed by atoms with E-state index >= 15 is 0 Å². The number of nitrogens with zero attached hydrogens (tertiary/aromatic N) is 1. The summed E-state index contributed by atoms with van der Waals surface area (Å²) in [4.78, 5) is 17.1. The monoisotopic (exact) mass is 474 g/mol. The van der Waals surface area contributed by atoms with Crippen LogP contribution < -0.4 is 10.1 Å². The minimum absolute atomic E-state index is 0.326. The molecule has 8 heteroatoms. The van der Waals surface area contributed by atoms with Gasteiger partial charge in [0.15, 0.2) is 11.7 Å². The highest BCUT2D eigenvalue weighted by atomic mass is 35.5. The van der Waals surface area contributed by atoms with Crippen LogP contribution in [0.1, 0.15) is 12.5 Å². The number of aromatic nitrogens is 1. The first-order valence-electron chi connectivity index (χ1n) is 9.40. The molecule has 0 saturated heterocycles. The summed E-state index contributed by atoms with van der Waals surface area (Å²) < 4.78 is 11.5. The number of oxazole rings is 1. The van der Waals surface area contributed by atoms with E-state index in [9.17, 15) is 4.79 Å². The molecule has 1 N–H and O–H groups in total. The van der Waals surface area contributed by atoms with E-state index in [1.54, 1.807) is 43.3 Å². The third kappa shape index (κ3) is 4.79. The van der Waals surface area contributed by atoms with Crippen LogP contribution in [0, 0.1) is 6.92 Å². The third-order valence-corrected chi connectivity index (χ3v) is 5.44. The van der Waals surface area contributed by atoms with Crippen molar-refractivity contribution in [2.45, 2.75) is 20.0 Å². The highest BCUT2D eigenvalue weighted by Crippen LogP contribution is 2.33. The number of carbonyl (C=O) groups is 1. The molecule has 31 heavy (non-hydrogen) atoms. The lowest BCUT2D eigenvalue weighted by Crippen LogP contribution is -2.30. The second-order valence-electron chi connectivity index (χ2n) is 7.01. The van der Waals surface area contributed by atoms with Crippen LogP contribution in [0.3, 0.4) is 0 Å². The molecule has 4 aromatic rings. The summed E-state index contributed by atoms with van der Waals surface area (Å²) in [6.07, 6.45) is -0.801. The summed E-state index contributed by atoms with van der Waals surface area (Å²) in [7, 11) is 0. The van der Waals surface area contributed by atoms with Crippen molar-refractivity contribution in [1.82, 2.24) is 4.98 Å². The topological polar surface area (TPSA) is 64.4 Å². The molecule has 1 amide bonds. The molecule has 5 nitrogen and oxygen atoms in total. The standard InChI is InChI=1S/C23H17Cl3N2O3/c1-12-3-7-19-21(9-12)31-23(28-19)16-11-15(5-6-17(16)25)27-22(29)13(2)30-20-8-4-14(24)10-18(20)26/h3-11,13H,1-2H3,(H,27,29). The Morgan fingerprint density at radius 1 is 1.03 bits per heavy atom. The van der Waals surface area contributed by atoms with Crippen molar-refractivity contribution < 1.29 is 13.9 Å². The molecule has 1 atom stereocenters. The Kier molecular flexibility index (Phi) is 6.10. The summed E-state index contributed by atoms with van der Waals surface area (Å²) in [5.74, 6) is 0.388. The number of halogens is 3. The molecule has 0 saturated carbocycles. The molecule has 1 unspecified atom stereocenters. The van der Waals surface area contributed by atoms with E-state index in [1.165, 1.54) is 0 Å². The average molecular weight is 476 g/mol. The SMILES string of the molecule is Cc1ccc2nc(-c3cc(NC(=O)C(C)Oc4ccc(Cl)cc4Cl)ccc3Cl)oc2c1. The van der Waals surface area contributed by atoms with Gasteiger partial charge in [-0.25, -0.2) is 4.98 Å². The smallest absolute Gasteiger partial charge is 0.265 e. The van der Waals surface area contributed by atoms with Crippen LogP contribution in [-0.4, -0.2) is 17.0 Å². The second-order valence-corrected chi connectivity index (χ2v) is 8.26. The fourth-order valence-electron chi connectivity index (χ4n) is 2.97. The fraction of sp³-hybridized carbons (Fsp3) is 0.130. The van der Waals surface area contributed by atoms with Crippen molar-refractivity contribution in [3.05, 3.63) is 75.2 Å². The molecular weight excluding hydrogens is 459 g/mol. The van der Waals surface area contributed by atoms with Gasteiger partial charge >= 0.3 is 0 Å². The minimum atomic E-state index is -0.801. The number of nitrogens with one attached hydrogen (secondary N) is 1. The van der Waals surface area contributed by atoms with Crippen LogP contribution in [0.5, 0.6) is 5.75 Å². The van der Waals surface area contributed by atoms with Crippen molar-refractivity contribution in [3.63, 3.8) is 0 Å². The van der Waals surface area contributed by atoms with Gasteiger partial charge in [0.25, 0.3) is 5.91 Å². The van der Waals surface area contributed by atoms with Crippen LogP contribution in [-0.2, 0) is 4.79 Å². The van der Waals surface area contributed by atoms with E-state index < -0.39 is 6.10 Å². The van der Waals surface area contributed by atoms with Gasteiger partial charge in [-0.15, -0.1) is 0 Å². The Labute approximate surface area is 193 Å². The number of amides is 1. The summed E-state index contributed by atoms with van der Waals surface area (Å²) in [6.45, 7) is 3.60. The maximum atomic E-state index is 12.6. The number of fused-ring (bicyclic) bond motifs is 1. The van der Waals surface area contributed by atoms with Crippen molar-refractivity contribution >= 4 is 57.5 Å². The predicted octanol–water partition coefficient (Wildman–Crippen LogP) is 7.17. The molecule has 0 fully saturated rings. The summed E-state index contributed by atoms with van der Waals surface area (Å²) >= 11 is 18.4. The van der Waals surface area contributed by atoms with Gasteiger partial charge in [-0.3, -0.25) is 4.79 Å². The zero-order chi connectivity index (χ0) is 22.1. The molecule has 158 valence electrons. The number of ether oxygens (including phenoxy) is 1. The molecule has 1 aromatic heterocycles. The number of hydrogen-bond acceptors (Lipinski definition) is 4. The second kappa shape index (κ2) is 8.79. The molecule has 0 aliphatic carbocycles. The molecule has 0 spiro atoms. The Balaban J connectivity index is 1.54. The van der Waals surface area contributed by atoms with Gasteiger partial charge in [-0.1, -0.05) is 40.9 Å². The maximum absolute atomic E-state index is 12.6. The molecule has 0 aliphatic heterocycles. The Morgan fingerprint density at radius 2 is 1.84 bits per heavy atom. The average Bonchev–Trinajstić information content (AvgIpc) is 3.14. The molecule has 3 aromatic carbocycles. The fourth-order valence-corrected chi connectivity index (χ4v) is 3.62. The number of aryl methyl sites for hydroxylation is 1. The molecule has 0 radical (unpaired) electrons. The van der Waals surface area contributed by atoms with Gasteiger partial charge in [0.1, 0.15) is 11.3 Å². The lowest BCUT2D eigenvalue weighted by atomic mass is 10.2. The number of hydrogen-bond donors (Lipinski definition) is 1. The highest BCUT2D eigenvalue weighted by molar-refractivity contribution is 6.35. The highest BCUT2D eigenvalue weighted by Gasteiger charge is 2.18. The van der Waals surface area contributed by atoms with Gasteiger partial charge in [0.05, 0.1) is 15.6 Å². The molecule has 0 aliphatic rings. The van der Waals surface area contributed by atoms with E-state index in [4.69, 9.17) is 44.0 Å². The Morgan fingerprint density at radius 3 is 2.61 bits per heavy atom. The lowest BCUT2D eigenvalue weighted by molar-refractivity contribution is -0.122. The number of rotatable bonds is 5. The maximum Gasteiger partial charge on any atom is 0.265 e. The van der Waals surface area contributed by atoms with Crippen LogP contribution >= 0.6 is 34.8 Å². The van der Waals surface area contributed by atoms with Crippen molar-refractivity contribution in [3.8, 4) is 17.2 Å². The van der Waals surface area contributed by atoms with Crippen LogP contribution in [0.2, 0.25) is 15.1 Å².